The number of imidazole rings is 1. The summed E-state index contributed by atoms with van der Waals surface area (Å²) in [6.07, 6.45) is 7.45. The van der Waals surface area contributed by atoms with Gasteiger partial charge in [0.05, 0.1) is 18.6 Å². The summed E-state index contributed by atoms with van der Waals surface area (Å²) in [5, 5.41) is 8.47. The van der Waals surface area contributed by atoms with Gasteiger partial charge in [0.1, 0.15) is 5.82 Å². The van der Waals surface area contributed by atoms with Crippen molar-refractivity contribution in [3.8, 4) is 11.1 Å². The molecule has 8 rings (SSSR count). The fourth-order valence-electron chi connectivity index (χ4n) is 7.10. The second-order valence-corrected chi connectivity index (χ2v) is 13.1. The Balaban J connectivity index is 0.00000312. The van der Waals surface area contributed by atoms with Crippen LogP contribution in [0.2, 0.25) is 0 Å². The summed E-state index contributed by atoms with van der Waals surface area (Å²) in [5.74, 6) is -1.23. The molecule has 1 spiro atoms. The standard InChI is InChI=1S/C32H32FN7O2S.ClH/c33-25-15-21(20-3-5-22(6-4-20)38-11-7-32(8-12-38)17-34-18-32)14-23-24(25)16-40(30(23)42)28(29(41)37-31-35-9-13-43-31)27-26-2-1-10-39(26)19-36-27;/h3-6,9,13-15,19,28,34H,1-2,7-8,10-12,16-18H2,(H,35,37,41);1H. The van der Waals surface area contributed by atoms with Crippen LogP contribution in [0.25, 0.3) is 11.1 Å². The van der Waals surface area contributed by atoms with E-state index in [1.54, 1.807) is 24.0 Å². The van der Waals surface area contributed by atoms with Crippen LogP contribution in [0.1, 0.15) is 52.6 Å². The van der Waals surface area contributed by atoms with Crippen molar-refractivity contribution in [1.29, 1.82) is 0 Å². The number of rotatable bonds is 6. The third kappa shape index (κ3) is 4.87. The van der Waals surface area contributed by atoms with Gasteiger partial charge in [0.15, 0.2) is 11.2 Å². The van der Waals surface area contributed by atoms with E-state index in [2.05, 4.69) is 37.6 Å². The van der Waals surface area contributed by atoms with Crippen molar-refractivity contribution in [3.05, 3.63) is 82.6 Å². The molecule has 9 nitrogen and oxygen atoms in total. The Bertz CT molecular complexity index is 1710. The molecule has 2 amide bonds. The molecule has 4 aliphatic rings. The van der Waals surface area contributed by atoms with Crippen LogP contribution >= 0.6 is 23.7 Å². The minimum atomic E-state index is -1.00. The molecule has 1 atom stereocenters. The average molecular weight is 634 g/mol. The van der Waals surface area contributed by atoms with E-state index in [-0.39, 0.29) is 30.4 Å². The van der Waals surface area contributed by atoms with Crippen molar-refractivity contribution >= 4 is 46.4 Å². The molecule has 2 N–H and O–H groups in total. The predicted octanol–water partition coefficient (Wildman–Crippen LogP) is 5.04. The number of hydrogen-bond acceptors (Lipinski definition) is 7. The number of carbonyl (C=O) groups excluding carboxylic acids is 2. The number of amides is 2. The van der Waals surface area contributed by atoms with Gasteiger partial charge in [0.25, 0.3) is 11.8 Å². The molecule has 0 saturated carbocycles. The molecule has 2 fully saturated rings. The van der Waals surface area contributed by atoms with Gasteiger partial charge >= 0.3 is 0 Å². The lowest BCUT2D eigenvalue weighted by molar-refractivity contribution is -0.121. The molecular formula is C32H33ClFN7O2S. The quantitative estimate of drug-likeness (QED) is 0.309. The van der Waals surface area contributed by atoms with Gasteiger partial charge in [0, 0.05) is 66.8 Å². The molecule has 0 radical (unpaired) electrons. The molecule has 0 aliphatic carbocycles. The van der Waals surface area contributed by atoms with E-state index >= 15 is 4.39 Å². The summed E-state index contributed by atoms with van der Waals surface area (Å²) in [6, 6.07) is 10.4. The highest BCUT2D eigenvalue weighted by Crippen LogP contribution is 2.39. The van der Waals surface area contributed by atoms with E-state index in [1.807, 2.05) is 16.7 Å². The van der Waals surface area contributed by atoms with E-state index in [9.17, 15) is 9.59 Å². The van der Waals surface area contributed by atoms with E-state index in [1.165, 1.54) is 35.1 Å². The molecule has 2 saturated heterocycles. The molecule has 4 aliphatic heterocycles. The van der Waals surface area contributed by atoms with Crippen molar-refractivity contribution < 1.29 is 14.0 Å². The van der Waals surface area contributed by atoms with Gasteiger partial charge in [-0.05, 0) is 66.5 Å². The predicted molar refractivity (Wildman–Crippen MR) is 170 cm³/mol. The summed E-state index contributed by atoms with van der Waals surface area (Å²) in [6.45, 7) is 5.15. The van der Waals surface area contributed by atoms with Crippen molar-refractivity contribution in [2.75, 3.05) is 36.4 Å². The zero-order chi connectivity index (χ0) is 29.1. The lowest BCUT2D eigenvalue weighted by Crippen LogP contribution is -2.58. The first-order valence-electron chi connectivity index (χ1n) is 14.9. The number of halogens is 2. The van der Waals surface area contributed by atoms with Crippen LogP contribution in [-0.2, 0) is 24.3 Å². The van der Waals surface area contributed by atoms with Crippen LogP contribution in [0.5, 0.6) is 0 Å². The first-order valence-corrected chi connectivity index (χ1v) is 15.8. The van der Waals surface area contributed by atoms with Crippen LogP contribution in [0.4, 0.5) is 15.2 Å². The number of fused-ring (bicyclic) bond motifs is 2. The Morgan fingerprint density at radius 3 is 2.57 bits per heavy atom. The zero-order valence-corrected chi connectivity index (χ0v) is 25.7. The van der Waals surface area contributed by atoms with Crippen molar-refractivity contribution in [2.24, 2.45) is 5.41 Å². The summed E-state index contributed by atoms with van der Waals surface area (Å²) < 4.78 is 17.7. The van der Waals surface area contributed by atoms with Crippen LogP contribution in [0.3, 0.4) is 0 Å². The SMILES string of the molecule is Cl.O=C(Nc1nccs1)C(c1ncn2c1CCC2)N1Cc2c(F)cc(-c3ccc(N4CCC5(CC4)CNC5)cc3)cc2C1=O. The Morgan fingerprint density at radius 2 is 1.86 bits per heavy atom. The number of thiazole rings is 1. The van der Waals surface area contributed by atoms with E-state index < -0.39 is 17.8 Å². The normalized spacial score (nSPS) is 18.9. The molecule has 4 aromatic rings. The first-order chi connectivity index (χ1) is 21.0. The van der Waals surface area contributed by atoms with E-state index in [0.29, 0.717) is 27.4 Å². The molecule has 1 unspecified atom stereocenters. The number of nitrogens with one attached hydrogen (secondary N) is 2. The third-order valence-electron chi connectivity index (χ3n) is 9.68. The molecule has 228 valence electrons. The van der Waals surface area contributed by atoms with Gasteiger partial charge in [-0.2, -0.15) is 0 Å². The molecule has 0 bridgehead atoms. The second-order valence-electron chi connectivity index (χ2n) is 12.2. The van der Waals surface area contributed by atoms with Crippen LogP contribution in [-0.4, -0.2) is 57.4 Å². The minimum absolute atomic E-state index is 0. The fourth-order valence-corrected chi connectivity index (χ4v) is 7.63. The number of anilines is 2. The largest absolute Gasteiger partial charge is 0.371 e. The topological polar surface area (TPSA) is 95.4 Å². The molecule has 12 heteroatoms. The number of nitrogens with zero attached hydrogens (tertiary/aromatic N) is 5. The van der Waals surface area contributed by atoms with Gasteiger partial charge in [0.2, 0.25) is 0 Å². The number of piperidine rings is 1. The number of carbonyl (C=O) groups is 2. The average Bonchev–Trinajstić information content (AvgIpc) is 3.81. The van der Waals surface area contributed by atoms with Gasteiger partial charge in [-0.1, -0.05) is 12.1 Å². The lowest BCUT2D eigenvalue weighted by atomic mass is 9.73. The summed E-state index contributed by atoms with van der Waals surface area (Å²) in [5.41, 5.74) is 5.21. The third-order valence-corrected chi connectivity index (χ3v) is 10.4. The highest BCUT2D eigenvalue weighted by Gasteiger charge is 2.42. The summed E-state index contributed by atoms with van der Waals surface area (Å²) in [4.78, 5) is 40.3. The Hall–Kier alpha value is -3.80. The second kappa shape index (κ2) is 11.3. The van der Waals surface area contributed by atoms with Crippen LogP contribution in [0, 0.1) is 11.2 Å². The maximum Gasteiger partial charge on any atom is 0.255 e. The van der Waals surface area contributed by atoms with Crippen LogP contribution in [0.15, 0.2) is 54.3 Å². The molecule has 6 heterocycles. The van der Waals surface area contributed by atoms with E-state index in [4.69, 9.17) is 0 Å². The van der Waals surface area contributed by atoms with Gasteiger partial charge in [-0.15, -0.1) is 23.7 Å². The number of hydrogen-bond donors (Lipinski definition) is 2. The van der Waals surface area contributed by atoms with Gasteiger partial charge in [-0.25, -0.2) is 14.4 Å². The zero-order valence-electron chi connectivity index (χ0n) is 24.1. The monoisotopic (exact) mass is 633 g/mol. The summed E-state index contributed by atoms with van der Waals surface area (Å²) in [7, 11) is 0. The number of aromatic nitrogens is 3. The maximum atomic E-state index is 15.7. The number of aryl methyl sites for hydroxylation is 1. The molecule has 2 aromatic carbocycles. The van der Waals surface area contributed by atoms with E-state index in [0.717, 1.165) is 62.5 Å². The lowest BCUT2D eigenvalue weighted by Gasteiger charge is -2.49. The Morgan fingerprint density at radius 1 is 1.07 bits per heavy atom. The molecule has 2 aromatic heterocycles. The van der Waals surface area contributed by atoms with Gasteiger partial charge < -0.3 is 19.7 Å². The maximum absolute atomic E-state index is 15.7. The van der Waals surface area contributed by atoms with Crippen molar-refractivity contribution in [1.82, 2.24) is 24.8 Å². The smallest absolute Gasteiger partial charge is 0.255 e. The Labute approximate surface area is 264 Å². The highest BCUT2D eigenvalue weighted by molar-refractivity contribution is 7.13. The summed E-state index contributed by atoms with van der Waals surface area (Å²) >= 11 is 1.30. The minimum Gasteiger partial charge on any atom is -0.371 e. The van der Waals surface area contributed by atoms with Crippen molar-refractivity contribution in [3.63, 3.8) is 0 Å². The number of benzene rings is 2. The molecular weight excluding hydrogens is 601 g/mol. The first kappa shape index (κ1) is 28.9. The molecule has 44 heavy (non-hydrogen) atoms. The Kier molecular flexibility index (Phi) is 7.42. The van der Waals surface area contributed by atoms with Gasteiger partial charge in [-0.3, -0.25) is 14.9 Å². The highest BCUT2D eigenvalue weighted by atomic mass is 35.5. The van der Waals surface area contributed by atoms with Crippen LogP contribution < -0.4 is 15.5 Å². The van der Waals surface area contributed by atoms with Crippen molar-refractivity contribution in [2.45, 2.75) is 44.8 Å². The fraction of sp³-hybridized carbons (Fsp3) is 0.375.